The van der Waals surface area contributed by atoms with Crippen molar-refractivity contribution < 1.29 is 24.5 Å². The number of nitrogens with zero attached hydrogens (tertiary/aromatic N) is 1. The molecule has 154 valence electrons. The number of piperidine rings is 1. The fourth-order valence-corrected chi connectivity index (χ4v) is 3.61. The molecule has 2 saturated heterocycles. The number of benzene rings is 1. The van der Waals surface area contributed by atoms with E-state index in [0.717, 1.165) is 25.9 Å². The Kier molecular flexibility index (Phi) is 6.88. The Morgan fingerprint density at radius 1 is 1.11 bits per heavy atom. The molecule has 0 saturated carbocycles. The number of amides is 3. The van der Waals surface area contributed by atoms with Crippen LogP contribution in [0.2, 0.25) is 0 Å². The van der Waals surface area contributed by atoms with Gasteiger partial charge in [0.1, 0.15) is 18.3 Å². The summed E-state index contributed by atoms with van der Waals surface area (Å²) < 4.78 is 5.68. The zero-order valence-corrected chi connectivity index (χ0v) is 16.1. The van der Waals surface area contributed by atoms with Crippen LogP contribution in [0.3, 0.4) is 0 Å². The summed E-state index contributed by atoms with van der Waals surface area (Å²) in [6.45, 7) is 3.64. The lowest BCUT2D eigenvalue weighted by atomic mass is 9.98. The van der Waals surface area contributed by atoms with Crippen molar-refractivity contribution in [3.05, 3.63) is 30.3 Å². The maximum atomic E-state index is 12.5. The van der Waals surface area contributed by atoms with E-state index in [2.05, 4.69) is 17.6 Å². The Morgan fingerprint density at radius 2 is 1.75 bits per heavy atom. The predicted molar refractivity (Wildman–Crippen MR) is 104 cm³/mol. The highest BCUT2D eigenvalue weighted by molar-refractivity contribution is 5.89. The molecule has 0 aliphatic carbocycles. The van der Waals surface area contributed by atoms with E-state index in [1.165, 1.54) is 0 Å². The summed E-state index contributed by atoms with van der Waals surface area (Å²) in [5, 5.41) is 25.8. The maximum absolute atomic E-state index is 12.5. The minimum atomic E-state index is -1.16. The third kappa shape index (κ3) is 5.21. The van der Waals surface area contributed by atoms with Crippen LogP contribution in [0.4, 0.5) is 10.5 Å². The van der Waals surface area contributed by atoms with Crippen molar-refractivity contribution in [2.45, 2.75) is 50.6 Å². The number of rotatable bonds is 5. The Bertz CT molecular complexity index is 663. The van der Waals surface area contributed by atoms with Gasteiger partial charge in [0.25, 0.3) is 0 Å². The molecule has 3 amide bonds. The molecule has 2 fully saturated rings. The van der Waals surface area contributed by atoms with Crippen LogP contribution in [0.15, 0.2) is 30.3 Å². The van der Waals surface area contributed by atoms with Gasteiger partial charge in [0.15, 0.2) is 0 Å². The number of aliphatic hydroxyl groups excluding tert-OH is 2. The smallest absolute Gasteiger partial charge is 0.319 e. The molecule has 0 radical (unpaired) electrons. The van der Waals surface area contributed by atoms with Gasteiger partial charge < -0.3 is 30.5 Å². The van der Waals surface area contributed by atoms with Gasteiger partial charge in [0, 0.05) is 25.3 Å². The van der Waals surface area contributed by atoms with Crippen molar-refractivity contribution in [1.29, 1.82) is 0 Å². The minimum Gasteiger partial charge on any atom is -0.388 e. The molecule has 3 rings (SSSR count). The summed E-state index contributed by atoms with van der Waals surface area (Å²) in [6.07, 6.45) is -1.87. The number of carbonyl (C=O) groups excluding carboxylic acids is 2. The molecule has 8 nitrogen and oxygen atoms in total. The molecule has 2 aliphatic rings. The lowest BCUT2D eigenvalue weighted by Crippen LogP contribution is -2.42. The van der Waals surface area contributed by atoms with E-state index in [4.69, 9.17) is 4.74 Å². The van der Waals surface area contributed by atoms with E-state index < -0.39 is 30.4 Å². The minimum absolute atomic E-state index is 0.0271. The third-order valence-electron chi connectivity index (χ3n) is 5.47. The average molecular weight is 391 g/mol. The summed E-state index contributed by atoms with van der Waals surface area (Å²) in [4.78, 5) is 26.2. The molecule has 8 heteroatoms. The van der Waals surface area contributed by atoms with Crippen molar-refractivity contribution in [3.8, 4) is 0 Å². The van der Waals surface area contributed by atoms with E-state index in [1.54, 1.807) is 29.2 Å². The summed E-state index contributed by atoms with van der Waals surface area (Å²) in [5.74, 6) is 0.551. The van der Waals surface area contributed by atoms with Crippen molar-refractivity contribution >= 4 is 17.6 Å². The first-order chi connectivity index (χ1) is 13.4. The van der Waals surface area contributed by atoms with Crippen LogP contribution >= 0.6 is 0 Å². The molecule has 28 heavy (non-hydrogen) atoms. The van der Waals surface area contributed by atoms with Crippen LogP contribution in [-0.2, 0) is 9.53 Å². The van der Waals surface area contributed by atoms with E-state index in [-0.39, 0.29) is 18.9 Å². The molecule has 1 aromatic carbocycles. The highest BCUT2D eigenvalue weighted by Crippen LogP contribution is 2.25. The fourth-order valence-electron chi connectivity index (χ4n) is 3.61. The number of urea groups is 1. The summed E-state index contributed by atoms with van der Waals surface area (Å²) in [7, 11) is 0. The molecule has 4 atom stereocenters. The molecular formula is C20H29N3O5. The van der Waals surface area contributed by atoms with Crippen LogP contribution in [0.25, 0.3) is 0 Å². The molecule has 0 bridgehead atoms. The number of nitrogens with one attached hydrogen (secondary N) is 2. The molecule has 1 aromatic rings. The second-order valence-corrected chi connectivity index (χ2v) is 7.66. The standard InChI is InChI=1S/C20H29N3O5/c1-13-7-9-23(10-8-13)17(24)11-15-18(25)19(26)16(28-15)12-21-20(27)22-14-5-3-2-4-6-14/h2-6,13,15-16,18-19,25-26H,7-12H2,1H3,(H2,21,22,27)/t15-,16-,18+,19-/m1/s1. The van der Waals surface area contributed by atoms with Crippen LogP contribution < -0.4 is 10.6 Å². The fraction of sp³-hybridized carbons (Fsp3) is 0.600. The van der Waals surface area contributed by atoms with Gasteiger partial charge in [0.2, 0.25) is 5.91 Å². The van der Waals surface area contributed by atoms with Crippen LogP contribution in [-0.4, -0.2) is 71.1 Å². The first kappa shape index (κ1) is 20.6. The van der Waals surface area contributed by atoms with E-state index >= 15 is 0 Å². The van der Waals surface area contributed by atoms with Crippen molar-refractivity contribution in [2.24, 2.45) is 5.92 Å². The number of hydrogen-bond donors (Lipinski definition) is 4. The van der Waals surface area contributed by atoms with Gasteiger partial charge >= 0.3 is 6.03 Å². The normalized spacial score (nSPS) is 28.2. The van der Waals surface area contributed by atoms with E-state index in [0.29, 0.717) is 11.6 Å². The SMILES string of the molecule is CC1CCN(C(=O)C[C@H]2O[C@H](CNC(=O)Nc3ccccc3)[C@@H](O)[C@H]2O)CC1. The van der Waals surface area contributed by atoms with Crippen LogP contribution in [0.5, 0.6) is 0 Å². The Balaban J connectivity index is 1.45. The quantitative estimate of drug-likeness (QED) is 0.597. The van der Waals surface area contributed by atoms with Gasteiger partial charge in [-0.25, -0.2) is 4.79 Å². The average Bonchev–Trinajstić information content (AvgIpc) is 2.95. The number of ether oxygens (including phenoxy) is 1. The van der Waals surface area contributed by atoms with Crippen molar-refractivity contribution in [2.75, 3.05) is 25.0 Å². The number of hydrogen-bond acceptors (Lipinski definition) is 5. The second-order valence-electron chi connectivity index (χ2n) is 7.66. The second kappa shape index (κ2) is 9.36. The molecule has 0 unspecified atom stereocenters. The number of para-hydroxylation sites is 1. The Hall–Kier alpha value is -2.16. The highest BCUT2D eigenvalue weighted by Gasteiger charge is 2.43. The maximum Gasteiger partial charge on any atom is 0.319 e. The zero-order chi connectivity index (χ0) is 20.1. The van der Waals surface area contributed by atoms with E-state index in [9.17, 15) is 19.8 Å². The Morgan fingerprint density at radius 3 is 2.43 bits per heavy atom. The summed E-state index contributed by atoms with van der Waals surface area (Å²) in [6, 6.07) is 8.54. The molecule has 4 N–H and O–H groups in total. The van der Waals surface area contributed by atoms with Crippen LogP contribution in [0, 0.1) is 5.92 Å². The molecule has 2 aliphatic heterocycles. The lowest BCUT2D eigenvalue weighted by molar-refractivity contribution is -0.136. The van der Waals surface area contributed by atoms with Gasteiger partial charge in [0.05, 0.1) is 12.5 Å². The number of aliphatic hydroxyl groups is 2. The Labute approximate surface area is 164 Å². The molecule has 0 spiro atoms. The third-order valence-corrected chi connectivity index (χ3v) is 5.47. The van der Waals surface area contributed by atoms with Crippen molar-refractivity contribution in [1.82, 2.24) is 10.2 Å². The molecule has 0 aromatic heterocycles. The monoisotopic (exact) mass is 391 g/mol. The number of anilines is 1. The van der Waals surface area contributed by atoms with Gasteiger partial charge in [-0.3, -0.25) is 4.79 Å². The molecular weight excluding hydrogens is 362 g/mol. The topological polar surface area (TPSA) is 111 Å². The predicted octanol–water partition coefficient (Wildman–Crippen LogP) is 0.946. The summed E-state index contributed by atoms with van der Waals surface area (Å²) in [5.41, 5.74) is 0.646. The van der Waals surface area contributed by atoms with Gasteiger partial charge in [-0.2, -0.15) is 0 Å². The molecule has 2 heterocycles. The van der Waals surface area contributed by atoms with Gasteiger partial charge in [-0.1, -0.05) is 25.1 Å². The lowest BCUT2D eigenvalue weighted by Gasteiger charge is -2.31. The largest absolute Gasteiger partial charge is 0.388 e. The first-order valence-electron chi connectivity index (χ1n) is 9.83. The van der Waals surface area contributed by atoms with Crippen molar-refractivity contribution in [3.63, 3.8) is 0 Å². The zero-order valence-electron chi connectivity index (χ0n) is 16.1. The van der Waals surface area contributed by atoms with Gasteiger partial charge in [-0.05, 0) is 30.9 Å². The van der Waals surface area contributed by atoms with Gasteiger partial charge in [-0.15, -0.1) is 0 Å². The number of carbonyl (C=O) groups is 2. The van der Waals surface area contributed by atoms with E-state index in [1.807, 2.05) is 6.07 Å². The summed E-state index contributed by atoms with van der Waals surface area (Å²) >= 11 is 0. The van der Waals surface area contributed by atoms with Crippen LogP contribution in [0.1, 0.15) is 26.2 Å². The number of likely N-dealkylation sites (tertiary alicyclic amines) is 1. The first-order valence-corrected chi connectivity index (χ1v) is 9.83. The highest BCUT2D eigenvalue weighted by atomic mass is 16.5.